The molecule has 0 N–H and O–H groups in total. The molecule has 0 radical (unpaired) electrons. The molecule has 0 bridgehead atoms. The van der Waals surface area contributed by atoms with Gasteiger partial charge in [-0.25, -0.2) is 0 Å². The van der Waals surface area contributed by atoms with Crippen LogP contribution in [0.5, 0.6) is 5.75 Å². The largest absolute Gasteiger partial charge is 0.424 e. The molecule has 2 heterocycles. The van der Waals surface area contributed by atoms with Crippen LogP contribution in [0.1, 0.15) is 18.1 Å². The van der Waals surface area contributed by atoms with E-state index in [0.29, 0.717) is 5.75 Å². The van der Waals surface area contributed by atoms with Crippen LogP contribution in [0, 0.1) is 13.8 Å². The maximum atomic E-state index is 11.9. The van der Waals surface area contributed by atoms with Crippen LogP contribution in [0.4, 0.5) is 0 Å². The lowest BCUT2D eigenvalue weighted by atomic mass is 10.0. The first-order chi connectivity index (χ1) is 12.4. The molecule has 2 aromatic heterocycles. The van der Waals surface area contributed by atoms with Gasteiger partial charge >= 0.3 is 5.97 Å². The summed E-state index contributed by atoms with van der Waals surface area (Å²) >= 11 is 0. The first kappa shape index (κ1) is 16.5. The summed E-state index contributed by atoms with van der Waals surface area (Å²) in [5, 5.41) is 2.18. The van der Waals surface area contributed by atoms with Crippen LogP contribution in [0.3, 0.4) is 0 Å². The van der Waals surface area contributed by atoms with Gasteiger partial charge in [-0.3, -0.25) is 4.79 Å². The van der Waals surface area contributed by atoms with Crippen LogP contribution in [0.15, 0.2) is 42.6 Å². The Hall–Kier alpha value is -3.01. The molecule has 4 aromatic rings. The van der Waals surface area contributed by atoms with Gasteiger partial charge in [0.25, 0.3) is 0 Å². The Kier molecular flexibility index (Phi) is 3.65. The van der Waals surface area contributed by atoms with Crippen molar-refractivity contribution in [1.29, 1.82) is 0 Å². The lowest BCUT2D eigenvalue weighted by Crippen LogP contribution is -2.03. The highest BCUT2D eigenvalue weighted by atomic mass is 16.5. The number of carbonyl (C=O) groups excluding carboxylic acids is 1. The van der Waals surface area contributed by atoms with Crippen molar-refractivity contribution in [2.24, 2.45) is 14.1 Å². The summed E-state index contributed by atoms with van der Waals surface area (Å²) < 4.78 is 10.00. The molecule has 0 atom stereocenters. The lowest BCUT2D eigenvalue weighted by Gasteiger charge is -2.08. The summed E-state index contributed by atoms with van der Waals surface area (Å²) in [4.78, 5) is 11.9. The van der Waals surface area contributed by atoms with Gasteiger partial charge in [-0.1, -0.05) is 24.3 Å². The molecule has 4 heteroatoms. The van der Waals surface area contributed by atoms with E-state index in [4.69, 9.17) is 4.74 Å². The van der Waals surface area contributed by atoms with Gasteiger partial charge in [-0.15, -0.1) is 0 Å². The van der Waals surface area contributed by atoms with Crippen LogP contribution >= 0.6 is 0 Å². The summed E-state index contributed by atoms with van der Waals surface area (Å²) in [6, 6.07) is 12.5. The number of fused-ring (bicyclic) bond motifs is 2. The van der Waals surface area contributed by atoms with E-state index < -0.39 is 0 Å². The van der Waals surface area contributed by atoms with Crippen LogP contribution in [0.2, 0.25) is 0 Å². The van der Waals surface area contributed by atoms with Gasteiger partial charge in [0.05, 0.1) is 11.2 Å². The summed E-state index contributed by atoms with van der Waals surface area (Å²) in [5.41, 5.74) is 6.53. The van der Waals surface area contributed by atoms with Crippen molar-refractivity contribution in [2.45, 2.75) is 20.8 Å². The highest BCUT2D eigenvalue weighted by Gasteiger charge is 2.24. The minimum absolute atomic E-state index is 0.307. The molecule has 0 spiro atoms. The van der Waals surface area contributed by atoms with Crippen molar-refractivity contribution in [3.05, 3.63) is 53.7 Å². The average molecular weight is 346 g/mol. The van der Waals surface area contributed by atoms with Crippen molar-refractivity contribution in [2.75, 3.05) is 0 Å². The molecule has 0 aliphatic rings. The minimum atomic E-state index is -0.307. The van der Waals surface area contributed by atoms with Gasteiger partial charge in [-0.2, -0.15) is 0 Å². The van der Waals surface area contributed by atoms with E-state index in [1.54, 1.807) is 0 Å². The molecule has 2 aromatic carbocycles. The number of ether oxygens (including phenoxy) is 1. The second kappa shape index (κ2) is 5.77. The van der Waals surface area contributed by atoms with Gasteiger partial charge in [0.1, 0.15) is 0 Å². The zero-order chi connectivity index (χ0) is 18.6. The zero-order valence-electron chi connectivity index (χ0n) is 15.8. The number of esters is 1. The van der Waals surface area contributed by atoms with Crippen molar-refractivity contribution < 1.29 is 9.53 Å². The third-order valence-electron chi connectivity index (χ3n) is 5.11. The zero-order valence-corrected chi connectivity index (χ0v) is 15.8. The van der Waals surface area contributed by atoms with Crippen LogP contribution in [0.25, 0.3) is 33.1 Å². The molecule has 132 valence electrons. The first-order valence-electron chi connectivity index (χ1n) is 8.71. The lowest BCUT2D eigenvalue weighted by molar-refractivity contribution is -0.131. The van der Waals surface area contributed by atoms with Gasteiger partial charge < -0.3 is 13.9 Å². The number of hydrogen-bond acceptors (Lipinski definition) is 2. The minimum Gasteiger partial charge on any atom is -0.424 e. The quantitative estimate of drug-likeness (QED) is 0.485. The van der Waals surface area contributed by atoms with E-state index in [9.17, 15) is 4.79 Å². The second-order valence-corrected chi connectivity index (χ2v) is 6.92. The van der Waals surface area contributed by atoms with E-state index in [-0.39, 0.29) is 5.97 Å². The van der Waals surface area contributed by atoms with Crippen molar-refractivity contribution in [3.8, 4) is 17.0 Å². The number of nitrogens with zero attached hydrogens (tertiary/aromatic N) is 2. The topological polar surface area (TPSA) is 36.2 Å². The Labute approximate surface area is 152 Å². The summed E-state index contributed by atoms with van der Waals surface area (Å²) in [5.74, 6) is 0.336. The monoisotopic (exact) mass is 346 g/mol. The Morgan fingerprint density at radius 3 is 2.19 bits per heavy atom. The van der Waals surface area contributed by atoms with Crippen LogP contribution in [-0.2, 0) is 18.9 Å². The van der Waals surface area contributed by atoms with Crippen molar-refractivity contribution in [3.63, 3.8) is 0 Å². The van der Waals surface area contributed by atoms with E-state index in [0.717, 1.165) is 33.2 Å². The smallest absolute Gasteiger partial charge is 0.308 e. The number of hydrogen-bond donors (Lipinski definition) is 0. The molecule has 0 aliphatic carbocycles. The second-order valence-electron chi connectivity index (χ2n) is 6.92. The molecule has 0 saturated heterocycles. The fourth-order valence-electron chi connectivity index (χ4n) is 3.97. The van der Waals surface area contributed by atoms with Crippen molar-refractivity contribution >= 4 is 27.8 Å². The van der Waals surface area contributed by atoms with Crippen molar-refractivity contribution in [1.82, 2.24) is 9.13 Å². The number of benzene rings is 2. The molecular weight excluding hydrogens is 324 g/mol. The highest BCUT2D eigenvalue weighted by molar-refractivity contribution is 6.05. The normalized spacial score (nSPS) is 11.4. The fraction of sp³-hybridized carbons (Fsp3) is 0.227. The fourth-order valence-corrected chi connectivity index (χ4v) is 3.97. The predicted molar refractivity (Wildman–Crippen MR) is 106 cm³/mol. The summed E-state index contributed by atoms with van der Waals surface area (Å²) in [6.07, 6.45) is 2.12. The van der Waals surface area contributed by atoms with Gasteiger partial charge in [-0.05, 0) is 37.1 Å². The number of aryl methyl sites for hydroxylation is 4. The third-order valence-corrected chi connectivity index (χ3v) is 5.11. The van der Waals surface area contributed by atoms with E-state index in [1.165, 1.54) is 17.9 Å². The van der Waals surface area contributed by atoms with Gasteiger partial charge in [0.15, 0.2) is 5.75 Å². The Morgan fingerprint density at radius 1 is 0.923 bits per heavy atom. The van der Waals surface area contributed by atoms with Crippen LogP contribution < -0.4 is 4.74 Å². The maximum Gasteiger partial charge on any atom is 0.308 e. The SMILES string of the molecule is CC(=O)Oc1c(-c2cn(C)c3cccc(C)c23)n(C)c2cccc(C)c12. The van der Waals surface area contributed by atoms with Gasteiger partial charge in [0, 0.05) is 49.1 Å². The molecule has 0 aliphatic heterocycles. The summed E-state index contributed by atoms with van der Waals surface area (Å²) in [6.45, 7) is 5.62. The Balaban J connectivity index is 2.18. The number of rotatable bonds is 2. The summed E-state index contributed by atoms with van der Waals surface area (Å²) in [7, 11) is 4.08. The molecule has 4 nitrogen and oxygen atoms in total. The standard InChI is InChI=1S/C22H22N2O2/c1-13-8-6-10-17-19(13)16(12-23(17)4)21-22(26-15(3)25)20-14(2)9-7-11-18(20)24(21)5/h6-12H,1-5H3. The van der Waals surface area contributed by atoms with Crippen LogP contribution in [-0.4, -0.2) is 15.1 Å². The average Bonchev–Trinajstić information content (AvgIpc) is 3.05. The van der Waals surface area contributed by atoms with E-state index in [2.05, 4.69) is 46.5 Å². The molecule has 0 saturated carbocycles. The Bertz CT molecular complexity index is 1180. The molecule has 0 fully saturated rings. The van der Waals surface area contributed by atoms with E-state index >= 15 is 0 Å². The molecule has 26 heavy (non-hydrogen) atoms. The number of carbonyl (C=O) groups is 1. The highest BCUT2D eigenvalue weighted by Crippen LogP contribution is 2.44. The maximum absolute atomic E-state index is 11.9. The van der Waals surface area contributed by atoms with E-state index in [1.807, 2.05) is 33.2 Å². The Morgan fingerprint density at radius 2 is 1.54 bits per heavy atom. The predicted octanol–water partition coefficient (Wildman–Crippen LogP) is 4.88. The molecule has 4 rings (SSSR count). The molecular formula is C22H22N2O2. The first-order valence-corrected chi connectivity index (χ1v) is 8.71. The molecule has 0 amide bonds. The number of aromatic nitrogens is 2. The van der Waals surface area contributed by atoms with Gasteiger partial charge in [0.2, 0.25) is 0 Å². The molecule has 0 unspecified atom stereocenters. The third kappa shape index (κ3) is 2.25.